The van der Waals surface area contributed by atoms with Gasteiger partial charge in [0.05, 0.1) is 6.10 Å². The van der Waals surface area contributed by atoms with Gasteiger partial charge in [-0.1, -0.05) is 43.3 Å². The highest BCUT2D eigenvalue weighted by molar-refractivity contribution is 5.98. The number of piperidine rings is 1. The number of benzene rings is 2. The highest BCUT2D eigenvalue weighted by atomic mass is 16.3. The van der Waals surface area contributed by atoms with E-state index < -0.39 is 0 Å². The van der Waals surface area contributed by atoms with Crippen LogP contribution in [0.1, 0.15) is 61.1 Å². The number of aliphatic hydroxyl groups excluding tert-OH is 1. The molecule has 186 valence electrons. The molecule has 4 rings (SSSR count). The third kappa shape index (κ3) is 5.31. The van der Waals surface area contributed by atoms with E-state index in [0.29, 0.717) is 30.0 Å². The average Bonchev–Trinajstić information content (AvgIpc) is 3.24. The summed E-state index contributed by atoms with van der Waals surface area (Å²) in [6, 6.07) is 10.8. The molecule has 9 heteroatoms. The van der Waals surface area contributed by atoms with E-state index in [4.69, 9.17) is 0 Å². The zero-order chi connectivity index (χ0) is 25.1. The van der Waals surface area contributed by atoms with Crippen molar-refractivity contribution < 1.29 is 20.1 Å². The van der Waals surface area contributed by atoms with Crippen LogP contribution in [0, 0.1) is 0 Å². The van der Waals surface area contributed by atoms with Crippen molar-refractivity contribution in [2.75, 3.05) is 19.6 Å². The Labute approximate surface area is 205 Å². The maximum absolute atomic E-state index is 12.8. The molecule has 3 aromatic rings. The summed E-state index contributed by atoms with van der Waals surface area (Å²) in [7, 11) is 0. The smallest absolute Gasteiger partial charge is 0.274 e. The van der Waals surface area contributed by atoms with Crippen LogP contribution in [0.3, 0.4) is 0 Å². The van der Waals surface area contributed by atoms with Crippen LogP contribution in [0.25, 0.3) is 16.9 Å². The molecule has 2 heterocycles. The standard InChI is InChI=1S/C26H33N5O4/c1-4-27-26(35)24-25(18-9-7-17(8-10-18)14-30-11-5-6-19(32)15-30)31(29-28-24)21-12-20(16(2)3)22(33)13-23(21)34/h7-10,12-13,16,19,32-34H,4-6,11,14-15H2,1-3H3,(H,27,35)/t19-/m1/s1. The summed E-state index contributed by atoms with van der Waals surface area (Å²) in [4.78, 5) is 15.0. The number of nitrogens with one attached hydrogen (secondary N) is 1. The molecule has 0 saturated carbocycles. The van der Waals surface area contributed by atoms with Crippen LogP contribution in [0.5, 0.6) is 11.5 Å². The monoisotopic (exact) mass is 479 g/mol. The number of β-amino-alcohol motifs (C(OH)–C–C–N with tert-alkyl or cyclic N) is 1. The zero-order valence-electron chi connectivity index (χ0n) is 20.4. The van der Waals surface area contributed by atoms with E-state index in [-0.39, 0.29) is 35.1 Å². The number of nitrogens with zero attached hydrogens (tertiary/aromatic N) is 4. The summed E-state index contributed by atoms with van der Waals surface area (Å²) >= 11 is 0. The number of aliphatic hydroxyl groups is 1. The molecule has 1 amide bonds. The molecule has 1 saturated heterocycles. The zero-order valence-corrected chi connectivity index (χ0v) is 20.4. The molecule has 2 aromatic carbocycles. The number of aromatic hydroxyl groups is 2. The van der Waals surface area contributed by atoms with Crippen LogP contribution in [-0.4, -0.2) is 66.9 Å². The van der Waals surface area contributed by atoms with Gasteiger partial charge in [0, 0.05) is 31.3 Å². The van der Waals surface area contributed by atoms with Crippen molar-refractivity contribution in [2.24, 2.45) is 0 Å². The Kier molecular flexibility index (Phi) is 7.37. The molecule has 1 aliphatic rings. The third-order valence-electron chi connectivity index (χ3n) is 6.31. The third-order valence-corrected chi connectivity index (χ3v) is 6.31. The lowest BCUT2D eigenvalue weighted by Crippen LogP contribution is -2.37. The normalized spacial score (nSPS) is 16.5. The molecule has 4 N–H and O–H groups in total. The highest BCUT2D eigenvalue weighted by Gasteiger charge is 2.25. The second-order valence-electron chi connectivity index (χ2n) is 9.34. The fraction of sp³-hybridized carbons (Fsp3) is 0.423. The number of aromatic nitrogens is 3. The van der Waals surface area contributed by atoms with Gasteiger partial charge in [0.2, 0.25) is 0 Å². The van der Waals surface area contributed by atoms with Crippen molar-refractivity contribution in [2.45, 2.75) is 52.2 Å². The highest BCUT2D eigenvalue weighted by Crippen LogP contribution is 2.36. The number of phenolic OH excluding ortho intramolecular Hbond substituents is 2. The fourth-order valence-corrected chi connectivity index (χ4v) is 4.52. The van der Waals surface area contributed by atoms with Gasteiger partial charge < -0.3 is 20.6 Å². The molecule has 1 aliphatic heterocycles. The molecule has 1 aromatic heterocycles. The van der Waals surface area contributed by atoms with Gasteiger partial charge >= 0.3 is 0 Å². The second kappa shape index (κ2) is 10.5. The predicted molar refractivity (Wildman–Crippen MR) is 133 cm³/mol. The topological polar surface area (TPSA) is 124 Å². The van der Waals surface area contributed by atoms with Crippen LogP contribution in [0.4, 0.5) is 0 Å². The number of phenols is 2. The lowest BCUT2D eigenvalue weighted by molar-refractivity contribution is 0.0668. The van der Waals surface area contributed by atoms with Crippen molar-refractivity contribution in [3.8, 4) is 28.4 Å². The number of likely N-dealkylation sites (tertiary alicyclic amines) is 1. The van der Waals surface area contributed by atoms with Crippen molar-refractivity contribution in [3.05, 3.63) is 53.2 Å². The Morgan fingerprint density at radius 3 is 2.57 bits per heavy atom. The minimum Gasteiger partial charge on any atom is -0.508 e. The van der Waals surface area contributed by atoms with E-state index in [1.165, 1.54) is 10.7 Å². The molecule has 35 heavy (non-hydrogen) atoms. The summed E-state index contributed by atoms with van der Waals surface area (Å²) in [6.07, 6.45) is 1.54. The first-order valence-corrected chi connectivity index (χ1v) is 12.1. The Bertz CT molecular complexity index is 1190. The Hall–Kier alpha value is -3.43. The number of carbonyl (C=O) groups is 1. The number of hydrogen-bond acceptors (Lipinski definition) is 7. The largest absolute Gasteiger partial charge is 0.508 e. The second-order valence-corrected chi connectivity index (χ2v) is 9.34. The number of rotatable bonds is 7. The molecular weight excluding hydrogens is 446 g/mol. The van der Waals surface area contributed by atoms with Crippen LogP contribution in [0.15, 0.2) is 36.4 Å². The lowest BCUT2D eigenvalue weighted by Gasteiger charge is -2.30. The quantitative estimate of drug-likeness (QED) is 0.410. The van der Waals surface area contributed by atoms with E-state index in [0.717, 1.165) is 37.1 Å². The van der Waals surface area contributed by atoms with Gasteiger partial charge in [0.15, 0.2) is 5.69 Å². The van der Waals surface area contributed by atoms with E-state index in [2.05, 4.69) is 20.5 Å². The van der Waals surface area contributed by atoms with Crippen molar-refractivity contribution in [1.29, 1.82) is 0 Å². The van der Waals surface area contributed by atoms with E-state index >= 15 is 0 Å². The first-order valence-electron chi connectivity index (χ1n) is 12.1. The molecule has 0 bridgehead atoms. The molecule has 0 unspecified atom stereocenters. The van der Waals surface area contributed by atoms with Crippen LogP contribution < -0.4 is 5.32 Å². The van der Waals surface area contributed by atoms with E-state index in [9.17, 15) is 20.1 Å². The number of carbonyl (C=O) groups excluding carboxylic acids is 1. The van der Waals surface area contributed by atoms with Gasteiger partial charge in [-0.2, -0.15) is 0 Å². The summed E-state index contributed by atoms with van der Waals surface area (Å²) in [5.74, 6) is -0.515. The van der Waals surface area contributed by atoms with E-state index in [1.807, 2.05) is 45.0 Å². The Morgan fingerprint density at radius 1 is 1.17 bits per heavy atom. The number of hydrogen-bond donors (Lipinski definition) is 4. The maximum atomic E-state index is 12.8. The minimum absolute atomic E-state index is 0.000881. The van der Waals surface area contributed by atoms with Gasteiger partial charge in [-0.05, 0) is 49.4 Å². The number of amides is 1. The average molecular weight is 480 g/mol. The molecule has 0 spiro atoms. The van der Waals surface area contributed by atoms with Crippen LogP contribution in [-0.2, 0) is 6.54 Å². The Balaban J connectivity index is 1.74. The first kappa shape index (κ1) is 24.7. The summed E-state index contributed by atoms with van der Waals surface area (Å²) < 4.78 is 1.45. The fourth-order valence-electron chi connectivity index (χ4n) is 4.52. The molecule has 1 atom stereocenters. The molecule has 9 nitrogen and oxygen atoms in total. The predicted octanol–water partition coefficient (Wildman–Crippen LogP) is 3.18. The first-order chi connectivity index (χ1) is 16.8. The van der Waals surface area contributed by atoms with Crippen LogP contribution in [0.2, 0.25) is 0 Å². The lowest BCUT2D eigenvalue weighted by atomic mass is 10.0. The van der Waals surface area contributed by atoms with Gasteiger partial charge in [-0.3, -0.25) is 9.69 Å². The molecule has 0 aliphatic carbocycles. The van der Waals surface area contributed by atoms with Gasteiger partial charge in [-0.15, -0.1) is 5.10 Å². The van der Waals surface area contributed by atoms with Crippen molar-refractivity contribution in [3.63, 3.8) is 0 Å². The summed E-state index contributed by atoms with van der Waals surface area (Å²) in [5, 5.41) is 42.0. The Morgan fingerprint density at radius 2 is 1.91 bits per heavy atom. The van der Waals surface area contributed by atoms with E-state index in [1.54, 1.807) is 6.07 Å². The van der Waals surface area contributed by atoms with Gasteiger partial charge in [0.1, 0.15) is 22.9 Å². The molecule has 1 fully saturated rings. The summed E-state index contributed by atoms with van der Waals surface area (Å²) in [6.45, 7) is 8.50. The van der Waals surface area contributed by atoms with Crippen LogP contribution >= 0.6 is 0 Å². The molecule has 0 radical (unpaired) electrons. The van der Waals surface area contributed by atoms with Gasteiger partial charge in [-0.25, -0.2) is 4.68 Å². The van der Waals surface area contributed by atoms with Gasteiger partial charge in [0.25, 0.3) is 5.91 Å². The van der Waals surface area contributed by atoms with Crippen molar-refractivity contribution >= 4 is 5.91 Å². The minimum atomic E-state index is -0.359. The maximum Gasteiger partial charge on any atom is 0.274 e. The molecular formula is C26H33N5O4. The SMILES string of the molecule is CCNC(=O)c1nnn(-c2cc(C(C)C)c(O)cc2O)c1-c1ccc(CN2CCC[C@@H](O)C2)cc1. The summed E-state index contributed by atoms with van der Waals surface area (Å²) in [5.41, 5.74) is 3.39. The van der Waals surface area contributed by atoms with Crippen molar-refractivity contribution in [1.82, 2.24) is 25.2 Å².